The second kappa shape index (κ2) is 7.98. The number of carboxylic acids is 1. The minimum absolute atomic E-state index is 0.0946. The summed E-state index contributed by atoms with van der Waals surface area (Å²) in [5, 5.41) is 18.1. The molecule has 0 saturated heterocycles. The van der Waals surface area contributed by atoms with Crippen molar-refractivity contribution in [3.05, 3.63) is 40.6 Å². The number of carboxylic acid groups (broad SMARTS) is 1. The van der Waals surface area contributed by atoms with Crippen LogP contribution in [0.1, 0.15) is 5.56 Å². The van der Waals surface area contributed by atoms with E-state index in [1.54, 1.807) is 12.1 Å². The third-order valence-electron chi connectivity index (χ3n) is 1.85. The first-order chi connectivity index (χ1) is 8.66. The summed E-state index contributed by atoms with van der Waals surface area (Å²) in [7, 11) is 0. The number of aliphatic carboxylic acids is 1. The number of aliphatic hydroxyl groups excluding tert-OH is 1. The van der Waals surface area contributed by atoms with Crippen LogP contribution in [0.25, 0.3) is 5.73 Å². The van der Waals surface area contributed by atoms with Gasteiger partial charge in [0.05, 0.1) is 0 Å². The highest BCUT2D eigenvalue weighted by Crippen LogP contribution is 2.12. The number of benzene rings is 1. The second-order valence-electron chi connectivity index (χ2n) is 3.50. The van der Waals surface area contributed by atoms with Gasteiger partial charge in [-0.05, 0) is 24.1 Å². The molecule has 1 rings (SSSR count). The van der Waals surface area contributed by atoms with Gasteiger partial charge in [0.1, 0.15) is 5.97 Å². The number of carbonyl (C=O) groups excluding carboxylic acids is 1. The number of carbonyl (C=O) groups is 1. The van der Waals surface area contributed by atoms with E-state index in [1.165, 1.54) is 0 Å². The van der Waals surface area contributed by atoms with Crippen LogP contribution in [-0.2, 0) is 11.2 Å². The summed E-state index contributed by atoms with van der Waals surface area (Å²) < 4.78 is 31.5. The van der Waals surface area contributed by atoms with E-state index < -0.39 is 18.2 Å². The Balaban J connectivity index is 0.000000399. The summed E-state index contributed by atoms with van der Waals surface area (Å²) in [4.78, 5) is 8.78. The normalized spacial score (nSPS) is 12.3. The van der Waals surface area contributed by atoms with Crippen molar-refractivity contribution in [1.29, 1.82) is 0 Å². The van der Waals surface area contributed by atoms with Gasteiger partial charge < -0.3 is 20.7 Å². The van der Waals surface area contributed by atoms with Gasteiger partial charge in [-0.3, -0.25) is 0 Å². The molecule has 0 aliphatic heterocycles. The van der Waals surface area contributed by atoms with Crippen molar-refractivity contribution in [3.8, 4) is 0 Å². The highest BCUT2D eigenvalue weighted by molar-refractivity contribution is 6.30. The van der Waals surface area contributed by atoms with Crippen LogP contribution in [0.4, 0.5) is 13.2 Å². The van der Waals surface area contributed by atoms with E-state index in [4.69, 9.17) is 32.3 Å². The van der Waals surface area contributed by atoms with Crippen molar-refractivity contribution in [3.63, 3.8) is 0 Å². The van der Waals surface area contributed by atoms with Crippen LogP contribution in [0.3, 0.4) is 0 Å². The van der Waals surface area contributed by atoms with E-state index in [9.17, 15) is 13.2 Å². The molecule has 19 heavy (non-hydrogen) atoms. The molecule has 0 aliphatic carbocycles. The van der Waals surface area contributed by atoms with Crippen molar-refractivity contribution in [1.82, 2.24) is 0 Å². The summed E-state index contributed by atoms with van der Waals surface area (Å²) in [5.74, 6) is -3.01. The van der Waals surface area contributed by atoms with Crippen molar-refractivity contribution in [2.75, 3.05) is 6.61 Å². The van der Waals surface area contributed by atoms with E-state index in [0.29, 0.717) is 11.4 Å². The van der Waals surface area contributed by atoms with Crippen LogP contribution in [0.15, 0.2) is 24.3 Å². The molecular formula is C11H11ClF3NO3-2. The van der Waals surface area contributed by atoms with Crippen LogP contribution in [0.5, 0.6) is 0 Å². The number of alkyl halides is 3. The second-order valence-corrected chi connectivity index (χ2v) is 3.93. The molecule has 108 valence electrons. The third-order valence-corrected chi connectivity index (χ3v) is 2.10. The van der Waals surface area contributed by atoms with E-state index in [0.717, 1.165) is 5.56 Å². The van der Waals surface area contributed by atoms with Crippen molar-refractivity contribution >= 4 is 17.6 Å². The molecule has 1 unspecified atom stereocenters. The Labute approximate surface area is 112 Å². The van der Waals surface area contributed by atoms with Crippen LogP contribution in [-0.4, -0.2) is 29.9 Å². The maximum absolute atomic E-state index is 10.5. The molecule has 0 amide bonds. The highest BCUT2D eigenvalue weighted by Gasteiger charge is 2.28. The molecule has 8 heteroatoms. The standard InChI is InChI=1S/C9H11ClNO.C2HF3O2/c10-8-3-1-7(2-4-8)5-9(11)6-12;3-2(4,5)1(6)7/h1-4,9,11-12H,5-6H2;(H,6,7)/q-1;/p-1. The molecule has 0 bridgehead atoms. The molecule has 1 aromatic carbocycles. The molecular weight excluding hydrogens is 287 g/mol. The number of hydrogen-bond acceptors (Lipinski definition) is 3. The molecule has 0 radical (unpaired) electrons. The first-order valence-corrected chi connectivity index (χ1v) is 5.39. The van der Waals surface area contributed by atoms with Gasteiger partial charge in [0, 0.05) is 11.6 Å². The van der Waals surface area contributed by atoms with Crippen LogP contribution in [0, 0.1) is 0 Å². The minimum Gasteiger partial charge on any atom is -0.673 e. The molecule has 2 N–H and O–H groups in total. The van der Waals surface area contributed by atoms with Gasteiger partial charge >= 0.3 is 6.18 Å². The number of hydrogen-bond donors (Lipinski definition) is 1. The molecule has 4 nitrogen and oxygen atoms in total. The lowest BCUT2D eigenvalue weighted by atomic mass is 10.1. The Morgan fingerprint density at radius 1 is 1.37 bits per heavy atom. The molecule has 0 fully saturated rings. The summed E-state index contributed by atoms with van der Waals surface area (Å²) in [6, 6.07) is 6.91. The van der Waals surface area contributed by atoms with Gasteiger partial charge in [0.2, 0.25) is 0 Å². The van der Waals surface area contributed by atoms with Crippen LogP contribution >= 0.6 is 11.6 Å². The Bertz CT molecular complexity index is 395. The first-order valence-electron chi connectivity index (χ1n) is 5.01. The zero-order valence-corrected chi connectivity index (χ0v) is 10.3. The maximum atomic E-state index is 10.5. The monoisotopic (exact) mass is 297 g/mol. The Hall–Kier alpha value is -1.31. The average Bonchev–Trinajstić information content (AvgIpc) is 2.31. The van der Waals surface area contributed by atoms with Crippen molar-refractivity contribution < 1.29 is 28.2 Å². The number of rotatable bonds is 3. The predicted octanol–water partition coefficient (Wildman–Crippen LogP) is 1.59. The van der Waals surface area contributed by atoms with E-state index >= 15 is 0 Å². The fourth-order valence-electron chi connectivity index (χ4n) is 0.970. The number of aliphatic hydroxyl groups is 1. The zero-order valence-electron chi connectivity index (χ0n) is 9.58. The molecule has 1 aromatic rings. The summed E-state index contributed by atoms with van der Waals surface area (Å²) in [5.41, 5.74) is 8.36. The highest BCUT2D eigenvalue weighted by atomic mass is 35.5. The van der Waals surface area contributed by atoms with Gasteiger partial charge in [-0.2, -0.15) is 13.2 Å². The molecule has 0 heterocycles. The van der Waals surface area contributed by atoms with Crippen molar-refractivity contribution in [2.45, 2.75) is 18.6 Å². The summed E-state index contributed by atoms with van der Waals surface area (Å²) in [6.45, 7) is -0.0946. The van der Waals surface area contributed by atoms with Gasteiger partial charge in [-0.1, -0.05) is 23.7 Å². The largest absolute Gasteiger partial charge is 0.673 e. The van der Waals surface area contributed by atoms with Crippen molar-refractivity contribution in [2.24, 2.45) is 0 Å². The maximum Gasteiger partial charge on any atom is 0.430 e. The van der Waals surface area contributed by atoms with Gasteiger partial charge in [0.15, 0.2) is 0 Å². The molecule has 1 atom stereocenters. The quantitative estimate of drug-likeness (QED) is 0.919. The van der Waals surface area contributed by atoms with E-state index in [2.05, 4.69) is 0 Å². The molecule has 0 aliphatic rings. The third kappa shape index (κ3) is 8.41. The Morgan fingerprint density at radius 2 is 1.79 bits per heavy atom. The van der Waals surface area contributed by atoms with Gasteiger partial charge in [-0.15, -0.1) is 6.04 Å². The number of nitrogens with one attached hydrogen (secondary N) is 1. The zero-order chi connectivity index (χ0) is 15.1. The fraction of sp³-hybridized carbons (Fsp3) is 0.364. The Morgan fingerprint density at radius 3 is 2.11 bits per heavy atom. The van der Waals surface area contributed by atoms with Gasteiger partial charge in [-0.25, -0.2) is 0 Å². The average molecular weight is 298 g/mol. The molecule has 0 spiro atoms. The SMILES string of the molecule is O=C([O-])C(F)(F)F.[NH-]C(CO)Cc1ccc(Cl)cc1. The van der Waals surface area contributed by atoms with Crippen LogP contribution in [0.2, 0.25) is 5.02 Å². The molecule has 0 saturated carbocycles. The van der Waals surface area contributed by atoms with E-state index in [-0.39, 0.29) is 6.61 Å². The number of halogens is 4. The summed E-state index contributed by atoms with van der Waals surface area (Å²) >= 11 is 5.69. The molecule has 0 aromatic heterocycles. The fourth-order valence-corrected chi connectivity index (χ4v) is 1.10. The smallest absolute Gasteiger partial charge is 0.430 e. The predicted molar refractivity (Wildman–Crippen MR) is 61.4 cm³/mol. The summed E-state index contributed by atoms with van der Waals surface area (Å²) in [6.07, 6.45) is -4.62. The van der Waals surface area contributed by atoms with E-state index in [1.807, 2.05) is 12.1 Å². The lowest BCUT2D eigenvalue weighted by molar-refractivity contribution is -0.344. The first kappa shape index (κ1) is 17.7. The van der Waals surface area contributed by atoms with Crippen LogP contribution < -0.4 is 5.11 Å². The lowest BCUT2D eigenvalue weighted by Crippen LogP contribution is -2.37. The Kier molecular flexibility index (Phi) is 7.43. The lowest BCUT2D eigenvalue weighted by Gasteiger charge is -2.16. The minimum atomic E-state index is -5.19. The topological polar surface area (TPSA) is 84.2 Å². The van der Waals surface area contributed by atoms with Gasteiger partial charge in [0.25, 0.3) is 0 Å².